The minimum atomic E-state index is -0.767. The number of phenolic OH excluding ortho intramolecular Hbond substituents is 1. The van der Waals surface area contributed by atoms with Crippen LogP contribution in [0, 0.1) is 0 Å². The Balaban J connectivity index is 2.00. The van der Waals surface area contributed by atoms with E-state index in [0.717, 1.165) is 0 Å². The van der Waals surface area contributed by atoms with E-state index in [1.165, 1.54) is 15.9 Å². The number of hydrogen-bond acceptors (Lipinski definition) is 7. The molecule has 1 aliphatic heterocycles. The summed E-state index contributed by atoms with van der Waals surface area (Å²) in [7, 11) is 0. The van der Waals surface area contributed by atoms with Gasteiger partial charge in [-0.25, -0.2) is 9.79 Å². The summed E-state index contributed by atoms with van der Waals surface area (Å²) < 4.78 is 13.3. The number of aromatic nitrogens is 1. The average Bonchev–Trinajstić information content (AvgIpc) is 3.09. The summed E-state index contributed by atoms with van der Waals surface area (Å²) in [4.78, 5) is 31.8. The standard InChI is InChI=1S/C26H26N2O5S/c1-5-32-25(31)22-16(4)27-26-28(23(22)18-11-7-9-13-20(18)33-15(2)3)24(30)21(34-26)14-17-10-6-8-12-19(17)29/h6-15,23,29H,5H2,1-4H3/b21-14+/t23-/m1/s1. The number of allylic oxidation sites excluding steroid dienone is 1. The number of aromatic hydroxyl groups is 1. The number of para-hydroxylation sites is 2. The number of fused-ring (bicyclic) bond motifs is 1. The summed E-state index contributed by atoms with van der Waals surface area (Å²) in [5, 5.41) is 10.2. The highest BCUT2D eigenvalue weighted by molar-refractivity contribution is 7.07. The van der Waals surface area contributed by atoms with Gasteiger partial charge in [0.15, 0.2) is 4.80 Å². The third-order valence-electron chi connectivity index (χ3n) is 5.32. The zero-order chi connectivity index (χ0) is 24.4. The van der Waals surface area contributed by atoms with Crippen molar-refractivity contribution in [3.63, 3.8) is 0 Å². The Labute approximate surface area is 200 Å². The normalized spacial score (nSPS) is 15.8. The van der Waals surface area contributed by atoms with Crippen molar-refractivity contribution in [2.75, 3.05) is 6.61 Å². The first-order valence-corrected chi connectivity index (χ1v) is 11.9. The molecule has 0 saturated heterocycles. The van der Waals surface area contributed by atoms with Crippen LogP contribution in [0.2, 0.25) is 0 Å². The van der Waals surface area contributed by atoms with Gasteiger partial charge in [-0.1, -0.05) is 47.7 Å². The maximum atomic E-state index is 13.7. The monoisotopic (exact) mass is 478 g/mol. The third-order valence-corrected chi connectivity index (χ3v) is 6.30. The van der Waals surface area contributed by atoms with Crippen LogP contribution in [-0.2, 0) is 9.53 Å². The first-order valence-electron chi connectivity index (χ1n) is 11.0. The summed E-state index contributed by atoms with van der Waals surface area (Å²) in [5.41, 5.74) is 1.66. The summed E-state index contributed by atoms with van der Waals surface area (Å²) in [6.45, 7) is 7.51. The van der Waals surface area contributed by atoms with E-state index in [2.05, 4.69) is 4.99 Å². The Morgan fingerprint density at radius 2 is 1.91 bits per heavy atom. The van der Waals surface area contributed by atoms with Crippen LogP contribution in [0.5, 0.6) is 11.5 Å². The minimum absolute atomic E-state index is 0.0731. The Hall–Kier alpha value is -3.65. The highest BCUT2D eigenvalue weighted by atomic mass is 32.1. The van der Waals surface area contributed by atoms with Gasteiger partial charge < -0.3 is 14.6 Å². The molecule has 2 aromatic carbocycles. The molecule has 0 fully saturated rings. The average molecular weight is 479 g/mol. The Bertz CT molecular complexity index is 1450. The summed E-state index contributed by atoms with van der Waals surface area (Å²) in [5.74, 6) is 0.126. The molecular formula is C26H26N2O5S. The van der Waals surface area contributed by atoms with Gasteiger partial charge in [0.1, 0.15) is 17.5 Å². The molecule has 0 bridgehead atoms. The first kappa shape index (κ1) is 23.5. The molecule has 0 radical (unpaired) electrons. The van der Waals surface area contributed by atoms with Crippen LogP contribution in [0.4, 0.5) is 0 Å². The lowest BCUT2D eigenvalue weighted by molar-refractivity contribution is -0.139. The molecule has 0 saturated carbocycles. The van der Waals surface area contributed by atoms with Gasteiger partial charge in [-0.3, -0.25) is 9.36 Å². The van der Waals surface area contributed by atoms with Crippen molar-refractivity contribution in [1.29, 1.82) is 0 Å². The summed E-state index contributed by atoms with van der Waals surface area (Å²) in [6, 6.07) is 13.4. The third kappa shape index (κ3) is 4.41. The second-order valence-corrected chi connectivity index (χ2v) is 9.07. The van der Waals surface area contributed by atoms with Gasteiger partial charge in [-0.05, 0) is 45.9 Å². The number of carbonyl (C=O) groups is 1. The number of hydrogen-bond donors (Lipinski definition) is 1. The number of esters is 1. The minimum Gasteiger partial charge on any atom is -0.507 e. The highest BCUT2D eigenvalue weighted by Crippen LogP contribution is 2.36. The molecule has 0 amide bonds. The molecule has 0 unspecified atom stereocenters. The number of carbonyl (C=O) groups excluding carboxylic acids is 1. The van der Waals surface area contributed by atoms with Crippen LogP contribution >= 0.6 is 11.3 Å². The quantitative estimate of drug-likeness (QED) is 0.549. The lowest BCUT2D eigenvalue weighted by Gasteiger charge is -2.26. The van der Waals surface area contributed by atoms with Crippen molar-refractivity contribution < 1.29 is 19.4 Å². The first-order chi connectivity index (χ1) is 16.3. The number of phenols is 1. The Morgan fingerprint density at radius 3 is 2.62 bits per heavy atom. The fourth-order valence-corrected chi connectivity index (χ4v) is 4.94. The molecule has 2 heterocycles. The van der Waals surface area contributed by atoms with Gasteiger partial charge in [0.05, 0.1) is 28.5 Å². The van der Waals surface area contributed by atoms with Gasteiger partial charge in [-0.2, -0.15) is 0 Å². The van der Waals surface area contributed by atoms with Crippen molar-refractivity contribution in [2.24, 2.45) is 4.99 Å². The zero-order valence-electron chi connectivity index (χ0n) is 19.4. The van der Waals surface area contributed by atoms with Crippen molar-refractivity contribution in [1.82, 2.24) is 4.57 Å². The number of thiazole rings is 1. The fourth-order valence-electron chi connectivity index (χ4n) is 3.90. The van der Waals surface area contributed by atoms with Crippen LogP contribution in [0.1, 0.15) is 44.9 Å². The molecule has 3 aromatic rings. The topological polar surface area (TPSA) is 90.1 Å². The molecule has 1 aliphatic rings. The lowest BCUT2D eigenvalue weighted by atomic mass is 9.95. The van der Waals surface area contributed by atoms with E-state index >= 15 is 0 Å². The van der Waals surface area contributed by atoms with Crippen molar-refractivity contribution in [3.05, 3.63) is 90.6 Å². The Kier molecular flexibility index (Phi) is 6.70. The Morgan fingerprint density at radius 1 is 1.21 bits per heavy atom. The van der Waals surface area contributed by atoms with E-state index in [9.17, 15) is 14.7 Å². The molecule has 176 valence electrons. The van der Waals surface area contributed by atoms with Crippen molar-refractivity contribution >= 4 is 23.4 Å². The lowest BCUT2D eigenvalue weighted by Crippen LogP contribution is -2.40. The maximum Gasteiger partial charge on any atom is 0.338 e. The van der Waals surface area contributed by atoms with Gasteiger partial charge in [0, 0.05) is 11.1 Å². The molecule has 0 spiro atoms. The highest BCUT2D eigenvalue weighted by Gasteiger charge is 2.35. The van der Waals surface area contributed by atoms with Crippen LogP contribution in [0.25, 0.3) is 6.08 Å². The molecule has 1 aromatic heterocycles. The van der Waals surface area contributed by atoms with E-state index in [-0.39, 0.29) is 24.0 Å². The van der Waals surface area contributed by atoms with E-state index in [0.29, 0.717) is 37.5 Å². The number of rotatable bonds is 6. The smallest absolute Gasteiger partial charge is 0.338 e. The van der Waals surface area contributed by atoms with Crippen LogP contribution in [-0.4, -0.2) is 28.4 Å². The largest absolute Gasteiger partial charge is 0.507 e. The van der Waals surface area contributed by atoms with Gasteiger partial charge in [0.25, 0.3) is 5.56 Å². The van der Waals surface area contributed by atoms with Gasteiger partial charge in [0.2, 0.25) is 0 Å². The summed E-state index contributed by atoms with van der Waals surface area (Å²) in [6.07, 6.45) is 1.53. The van der Waals surface area contributed by atoms with Gasteiger partial charge >= 0.3 is 5.97 Å². The summed E-state index contributed by atoms with van der Waals surface area (Å²) >= 11 is 1.20. The molecule has 1 N–H and O–H groups in total. The molecule has 7 nitrogen and oxygen atoms in total. The van der Waals surface area contributed by atoms with Crippen molar-refractivity contribution in [3.8, 4) is 11.5 Å². The van der Waals surface area contributed by atoms with Crippen LogP contribution in [0.15, 0.2) is 69.6 Å². The SMILES string of the molecule is CCOC(=O)C1=C(C)N=c2s/c(=C/c3ccccc3O)c(=O)n2[C@@H]1c1ccccc1OC(C)C. The van der Waals surface area contributed by atoms with Crippen LogP contribution in [0.3, 0.4) is 0 Å². The second kappa shape index (κ2) is 9.69. The predicted molar refractivity (Wildman–Crippen MR) is 131 cm³/mol. The number of nitrogens with zero attached hydrogens (tertiary/aromatic N) is 2. The second-order valence-electron chi connectivity index (χ2n) is 8.07. The van der Waals surface area contributed by atoms with E-state index in [1.54, 1.807) is 44.2 Å². The molecule has 8 heteroatoms. The van der Waals surface area contributed by atoms with Crippen LogP contribution < -0.4 is 19.6 Å². The zero-order valence-corrected chi connectivity index (χ0v) is 20.3. The van der Waals surface area contributed by atoms with Gasteiger partial charge in [-0.15, -0.1) is 0 Å². The number of benzene rings is 2. The molecule has 0 aliphatic carbocycles. The number of ether oxygens (including phenoxy) is 2. The van der Waals surface area contributed by atoms with E-state index < -0.39 is 12.0 Å². The predicted octanol–water partition coefficient (Wildman–Crippen LogP) is 3.29. The molecule has 34 heavy (non-hydrogen) atoms. The van der Waals surface area contributed by atoms with E-state index in [4.69, 9.17) is 9.47 Å². The fraction of sp³-hybridized carbons (Fsp3) is 0.269. The molecule has 4 rings (SSSR count). The maximum absolute atomic E-state index is 13.7. The van der Waals surface area contributed by atoms with E-state index in [1.807, 2.05) is 38.1 Å². The van der Waals surface area contributed by atoms with Crippen molar-refractivity contribution in [2.45, 2.75) is 39.8 Å². The molecule has 1 atom stereocenters. The molecular weight excluding hydrogens is 452 g/mol.